The summed E-state index contributed by atoms with van der Waals surface area (Å²) in [5.41, 5.74) is 0.800. The normalized spacial score (nSPS) is 33.2. The van der Waals surface area contributed by atoms with Gasteiger partial charge in [0.05, 0.1) is 17.5 Å². The summed E-state index contributed by atoms with van der Waals surface area (Å²) >= 11 is 20.8. The Balaban J connectivity index is 1.57. The lowest BCUT2D eigenvalue weighted by Crippen LogP contribution is -2.60. The van der Waals surface area contributed by atoms with Crippen LogP contribution in [0.2, 0.25) is 5.02 Å². The summed E-state index contributed by atoms with van der Waals surface area (Å²) in [5, 5.41) is 11.2. The maximum atomic E-state index is 14.2. The SMILES string of the molecule is CCCN1C(=O)C2CC=C3C(CC4(Cl)C(=O)N(c5ccc(F)cc5)C(=O)C4(Cl)C3c3cc(Cl)ccc3O)C2C1=O. The molecule has 2 saturated heterocycles. The van der Waals surface area contributed by atoms with Crippen LogP contribution in [0.15, 0.2) is 54.1 Å². The van der Waals surface area contributed by atoms with Crippen LogP contribution in [-0.2, 0) is 19.2 Å². The van der Waals surface area contributed by atoms with Crippen molar-refractivity contribution in [2.45, 2.75) is 41.9 Å². The Bertz CT molecular complexity index is 1510. The summed E-state index contributed by atoms with van der Waals surface area (Å²) in [6, 6.07) is 9.06. The molecule has 4 aliphatic rings. The number of halogens is 4. The highest BCUT2D eigenvalue weighted by molar-refractivity contribution is 6.58. The average molecular weight is 606 g/mol. The number of alkyl halides is 2. The van der Waals surface area contributed by atoms with E-state index in [1.54, 1.807) is 6.08 Å². The van der Waals surface area contributed by atoms with E-state index in [1.807, 2.05) is 6.92 Å². The predicted molar refractivity (Wildman–Crippen MR) is 147 cm³/mol. The van der Waals surface area contributed by atoms with E-state index in [-0.39, 0.29) is 53.2 Å². The average Bonchev–Trinajstić information content (AvgIpc) is 3.25. The molecule has 6 atom stereocenters. The number of rotatable bonds is 4. The molecule has 2 heterocycles. The number of benzene rings is 2. The first kappa shape index (κ1) is 27.2. The highest BCUT2D eigenvalue weighted by Gasteiger charge is 2.76. The van der Waals surface area contributed by atoms with E-state index >= 15 is 0 Å². The molecule has 40 heavy (non-hydrogen) atoms. The first-order chi connectivity index (χ1) is 19.0. The van der Waals surface area contributed by atoms with Gasteiger partial charge in [0.25, 0.3) is 11.8 Å². The number of phenols is 1. The number of allylic oxidation sites excluding steroid dienone is 2. The zero-order chi connectivity index (χ0) is 28.7. The number of carbonyl (C=O) groups excluding carboxylic acids is 4. The molecule has 2 aromatic rings. The number of phenolic OH excluding ortho intramolecular Hbond substituents is 1. The van der Waals surface area contributed by atoms with E-state index < -0.39 is 51.1 Å². The molecule has 1 saturated carbocycles. The Morgan fingerprint density at radius 1 is 1.00 bits per heavy atom. The molecule has 3 fully saturated rings. The molecule has 7 nitrogen and oxygen atoms in total. The van der Waals surface area contributed by atoms with Gasteiger partial charge < -0.3 is 5.11 Å². The third-order valence-corrected chi connectivity index (χ3v) is 10.4. The van der Waals surface area contributed by atoms with E-state index in [2.05, 4.69) is 0 Å². The minimum atomic E-state index is -2.13. The summed E-state index contributed by atoms with van der Waals surface area (Å²) in [5.74, 6) is -6.38. The second-order valence-electron chi connectivity index (χ2n) is 10.8. The minimum Gasteiger partial charge on any atom is -0.508 e. The van der Waals surface area contributed by atoms with Crippen LogP contribution in [0.25, 0.3) is 0 Å². The Hall–Kier alpha value is -2.94. The fourth-order valence-electron chi connectivity index (χ4n) is 7.01. The first-order valence-electron chi connectivity index (χ1n) is 13.0. The molecular weight excluding hydrogens is 582 g/mol. The Kier molecular flexibility index (Phi) is 6.33. The molecule has 1 N–H and O–H groups in total. The lowest BCUT2D eigenvalue weighted by molar-refractivity contribution is -0.140. The van der Waals surface area contributed by atoms with E-state index in [4.69, 9.17) is 34.8 Å². The molecule has 11 heteroatoms. The van der Waals surface area contributed by atoms with Crippen LogP contribution in [0.3, 0.4) is 0 Å². The number of amides is 4. The van der Waals surface area contributed by atoms with E-state index in [9.17, 15) is 28.7 Å². The smallest absolute Gasteiger partial charge is 0.258 e. The maximum Gasteiger partial charge on any atom is 0.258 e. The van der Waals surface area contributed by atoms with Gasteiger partial charge in [-0.25, -0.2) is 9.29 Å². The summed E-state index contributed by atoms with van der Waals surface area (Å²) in [6.45, 7) is 2.14. The van der Waals surface area contributed by atoms with Crippen LogP contribution in [0.5, 0.6) is 5.75 Å². The van der Waals surface area contributed by atoms with Crippen molar-refractivity contribution >= 4 is 64.1 Å². The van der Waals surface area contributed by atoms with Crippen molar-refractivity contribution < 1.29 is 28.7 Å². The van der Waals surface area contributed by atoms with Gasteiger partial charge in [-0.2, -0.15) is 0 Å². The highest BCUT2D eigenvalue weighted by Crippen LogP contribution is 2.66. The molecule has 2 aromatic carbocycles. The van der Waals surface area contributed by atoms with E-state index in [0.717, 1.165) is 17.0 Å². The zero-order valence-corrected chi connectivity index (χ0v) is 23.5. The van der Waals surface area contributed by atoms with Crippen molar-refractivity contribution in [2.75, 3.05) is 11.4 Å². The van der Waals surface area contributed by atoms with Gasteiger partial charge in [0, 0.05) is 23.0 Å². The van der Waals surface area contributed by atoms with Gasteiger partial charge in [-0.1, -0.05) is 30.2 Å². The van der Waals surface area contributed by atoms with Crippen molar-refractivity contribution in [3.05, 3.63) is 70.5 Å². The number of anilines is 1. The molecule has 0 bridgehead atoms. The second-order valence-corrected chi connectivity index (χ2v) is 12.5. The number of hydrogen-bond donors (Lipinski definition) is 1. The van der Waals surface area contributed by atoms with Crippen molar-refractivity contribution in [2.24, 2.45) is 17.8 Å². The number of nitrogens with zero attached hydrogens (tertiary/aromatic N) is 2. The largest absolute Gasteiger partial charge is 0.508 e. The van der Waals surface area contributed by atoms with Crippen molar-refractivity contribution in [1.82, 2.24) is 4.90 Å². The molecule has 0 spiro atoms. The van der Waals surface area contributed by atoms with Crippen LogP contribution in [0.4, 0.5) is 10.1 Å². The van der Waals surface area contributed by atoms with Gasteiger partial charge in [0.1, 0.15) is 11.6 Å². The second kappa shape index (κ2) is 9.29. The number of likely N-dealkylation sites (tertiary alicyclic amines) is 1. The van der Waals surface area contributed by atoms with Crippen molar-refractivity contribution in [3.8, 4) is 5.75 Å². The van der Waals surface area contributed by atoms with Gasteiger partial charge in [-0.15, -0.1) is 23.2 Å². The molecule has 0 radical (unpaired) electrons. The lowest BCUT2D eigenvalue weighted by atomic mass is 9.56. The number of carbonyl (C=O) groups is 4. The van der Waals surface area contributed by atoms with E-state index in [1.165, 1.54) is 35.2 Å². The minimum absolute atomic E-state index is 0.0796. The van der Waals surface area contributed by atoms with Crippen LogP contribution >= 0.6 is 34.8 Å². The maximum absolute atomic E-state index is 14.2. The monoisotopic (exact) mass is 604 g/mol. The number of fused-ring (bicyclic) bond motifs is 4. The summed E-state index contributed by atoms with van der Waals surface area (Å²) < 4.78 is 13.7. The third-order valence-electron chi connectivity index (χ3n) is 8.74. The zero-order valence-electron chi connectivity index (χ0n) is 21.2. The van der Waals surface area contributed by atoms with Gasteiger partial charge in [0.15, 0.2) is 9.75 Å². The van der Waals surface area contributed by atoms with Crippen molar-refractivity contribution in [1.29, 1.82) is 0 Å². The lowest BCUT2D eigenvalue weighted by Gasteiger charge is -2.50. The molecule has 208 valence electrons. The quantitative estimate of drug-likeness (QED) is 0.295. The molecule has 6 unspecified atom stereocenters. The van der Waals surface area contributed by atoms with Gasteiger partial charge in [-0.05, 0) is 67.6 Å². The van der Waals surface area contributed by atoms with Gasteiger partial charge in [-0.3, -0.25) is 24.1 Å². The topological polar surface area (TPSA) is 95.0 Å². The Morgan fingerprint density at radius 3 is 2.38 bits per heavy atom. The van der Waals surface area contributed by atoms with Crippen molar-refractivity contribution in [3.63, 3.8) is 0 Å². The first-order valence-corrected chi connectivity index (χ1v) is 14.1. The Morgan fingerprint density at radius 2 is 1.70 bits per heavy atom. The highest BCUT2D eigenvalue weighted by atomic mass is 35.5. The number of hydrogen-bond acceptors (Lipinski definition) is 5. The number of aromatic hydroxyl groups is 1. The van der Waals surface area contributed by atoms with Crippen LogP contribution in [-0.4, -0.2) is 49.9 Å². The fourth-order valence-corrected chi connectivity index (χ4v) is 8.12. The molecule has 4 amide bonds. The Labute approximate surface area is 244 Å². The summed E-state index contributed by atoms with van der Waals surface area (Å²) in [7, 11) is 0. The van der Waals surface area contributed by atoms with Crippen LogP contribution in [0, 0.1) is 23.6 Å². The number of imide groups is 2. The molecule has 2 aliphatic heterocycles. The molecule has 2 aliphatic carbocycles. The van der Waals surface area contributed by atoms with Gasteiger partial charge in [0.2, 0.25) is 11.8 Å². The standard InChI is InChI=1S/C29H24Cl3FN2O5/c1-2-11-34-24(37)18-9-8-17-20(22(18)25(34)38)13-28(31)26(39)35(16-6-4-15(33)5-7-16)27(40)29(28,32)23(17)19-12-14(30)3-10-21(19)36/h3-8,10,12,18,20,22-23,36H,2,9,11,13H2,1H3. The molecule has 0 aromatic heterocycles. The fraction of sp³-hybridized carbons (Fsp3) is 0.379. The summed E-state index contributed by atoms with van der Waals surface area (Å²) in [6.07, 6.45) is 2.41. The van der Waals surface area contributed by atoms with Crippen LogP contribution in [0.1, 0.15) is 37.7 Å². The third kappa shape index (κ3) is 3.48. The summed E-state index contributed by atoms with van der Waals surface area (Å²) in [4.78, 5) is 53.1. The van der Waals surface area contributed by atoms with E-state index in [0.29, 0.717) is 12.0 Å². The predicted octanol–water partition coefficient (Wildman–Crippen LogP) is 5.16. The molecule has 6 rings (SSSR count). The van der Waals surface area contributed by atoms with Crippen LogP contribution < -0.4 is 4.90 Å². The molecular formula is C29H24Cl3FN2O5. The van der Waals surface area contributed by atoms with Gasteiger partial charge >= 0.3 is 0 Å².